The number of halogens is 7. The average molecular weight is 370 g/mol. The molecule has 18 heavy (non-hydrogen) atoms. The van der Waals surface area contributed by atoms with Gasteiger partial charge in [-0.3, -0.25) is 0 Å². The molecule has 8 heteroatoms. The van der Waals surface area contributed by atoms with Crippen LogP contribution in [-0.4, -0.2) is 19.5 Å². The van der Waals surface area contributed by atoms with Crippen molar-refractivity contribution in [3.05, 3.63) is 27.2 Å². The maximum absolute atomic E-state index is 13.2. The van der Waals surface area contributed by atoms with Gasteiger partial charge in [-0.1, -0.05) is 11.6 Å². The fourth-order valence-electron chi connectivity index (χ4n) is 1.30. The molecule has 0 aliphatic heterocycles. The Bertz CT molecular complexity index is 442. The van der Waals surface area contributed by atoms with Crippen molar-refractivity contribution in [2.24, 2.45) is 0 Å². The van der Waals surface area contributed by atoms with Crippen LogP contribution in [0.1, 0.15) is 10.9 Å². The van der Waals surface area contributed by atoms with Crippen molar-refractivity contribution >= 4 is 39.1 Å². The van der Waals surface area contributed by atoms with Crippen LogP contribution in [-0.2, 0) is 0 Å². The van der Waals surface area contributed by atoms with Gasteiger partial charge in [0.15, 0.2) is 0 Å². The van der Waals surface area contributed by atoms with E-state index >= 15 is 0 Å². The smallest absolute Gasteiger partial charge is 0.327 e. The van der Waals surface area contributed by atoms with E-state index in [-0.39, 0.29) is 20.8 Å². The summed E-state index contributed by atoms with van der Waals surface area (Å²) in [7, 11) is 1.21. The summed E-state index contributed by atoms with van der Waals surface area (Å²) in [5, 5.41) is -2.17. The van der Waals surface area contributed by atoms with Crippen LogP contribution in [0.3, 0.4) is 0 Å². The first kappa shape index (κ1) is 15.9. The third-order valence-electron chi connectivity index (χ3n) is 2.14. The molecule has 1 atom stereocenters. The van der Waals surface area contributed by atoms with Crippen LogP contribution in [0, 0.1) is 0 Å². The van der Waals surface area contributed by atoms with E-state index in [0.717, 1.165) is 6.07 Å². The first-order valence-electron chi connectivity index (χ1n) is 4.54. The van der Waals surface area contributed by atoms with Crippen molar-refractivity contribution < 1.29 is 22.3 Å². The molecule has 0 saturated heterocycles. The molecular weight excluding hydrogens is 363 g/mol. The SMILES string of the molecule is COc1c(Br)cc(Cl)cc1C(Cl)C(F)(F)C(F)F. The number of methoxy groups -OCH3 is 1. The monoisotopic (exact) mass is 368 g/mol. The van der Waals surface area contributed by atoms with Crippen LogP contribution in [0.15, 0.2) is 16.6 Å². The van der Waals surface area contributed by atoms with E-state index in [0.29, 0.717) is 0 Å². The number of rotatable bonds is 4. The van der Waals surface area contributed by atoms with E-state index in [4.69, 9.17) is 27.9 Å². The molecule has 1 aromatic carbocycles. The highest BCUT2D eigenvalue weighted by molar-refractivity contribution is 9.10. The Morgan fingerprint density at radius 1 is 1.33 bits per heavy atom. The Labute approximate surface area is 119 Å². The molecule has 0 heterocycles. The van der Waals surface area contributed by atoms with E-state index in [9.17, 15) is 17.6 Å². The normalized spacial score (nSPS) is 13.8. The quantitative estimate of drug-likeness (QED) is 0.517. The highest BCUT2D eigenvalue weighted by Gasteiger charge is 2.49. The lowest BCUT2D eigenvalue weighted by Crippen LogP contribution is -2.31. The second kappa shape index (κ2) is 5.84. The molecule has 0 amide bonds. The van der Waals surface area contributed by atoms with Crippen LogP contribution in [0.25, 0.3) is 0 Å². The summed E-state index contributed by atoms with van der Waals surface area (Å²) in [6.07, 6.45) is -3.89. The summed E-state index contributed by atoms with van der Waals surface area (Å²) in [5.41, 5.74) is -0.302. The fourth-order valence-corrected chi connectivity index (χ4v) is 2.56. The van der Waals surface area contributed by atoms with Crippen molar-refractivity contribution in [3.63, 3.8) is 0 Å². The summed E-state index contributed by atoms with van der Waals surface area (Å²) >= 11 is 14.1. The summed E-state index contributed by atoms with van der Waals surface area (Å²) in [4.78, 5) is 0. The summed E-state index contributed by atoms with van der Waals surface area (Å²) < 4.78 is 56.1. The first-order chi connectivity index (χ1) is 8.21. The van der Waals surface area contributed by atoms with Gasteiger partial charge in [0.2, 0.25) is 0 Å². The molecule has 102 valence electrons. The molecule has 0 bridgehead atoms. The van der Waals surface area contributed by atoms with E-state index in [2.05, 4.69) is 15.9 Å². The lowest BCUT2D eigenvalue weighted by Gasteiger charge is -2.23. The minimum Gasteiger partial charge on any atom is -0.495 e. The minimum atomic E-state index is -4.39. The Morgan fingerprint density at radius 2 is 1.89 bits per heavy atom. The number of benzene rings is 1. The highest BCUT2D eigenvalue weighted by Crippen LogP contribution is 2.47. The molecule has 0 N–H and O–H groups in total. The van der Waals surface area contributed by atoms with Gasteiger partial charge in [0.1, 0.15) is 11.1 Å². The topological polar surface area (TPSA) is 9.23 Å². The Morgan fingerprint density at radius 3 is 2.33 bits per heavy atom. The summed E-state index contributed by atoms with van der Waals surface area (Å²) in [5.74, 6) is -4.45. The predicted molar refractivity (Wildman–Crippen MR) is 65.2 cm³/mol. The van der Waals surface area contributed by atoms with E-state index in [1.165, 1.54) is 13.2 Å². The van der Waals surface area contributed by atoms with Gasteiger partial charge < -0.3 is 4.74 Å². The number of hydrogen-bond donors (Lipinski definition) is 0. The van der Waals surface area contributed by atoms with Crippen LogP contribution in [0.5, 0.6) is 5.75 Å². The molecule has 0 fully saturated rings. The summed E-state index contributed by atoms with van der Waals surface area (Å²) in [6.45, 7) is 0. The molecular formula is C10H7BrCl2F4O. The second-order valence-electron chi connectivity index (χ2n) is 3.35. The van der Waals surface area contributed by atoms with Crippen molar-refractivity contribution in [2.75, 3.05) is 7.11 Å². The van der Waals surface area contributed by atoms with Gasteiger partial charge in [0.05, 0.1) is 11.6 Å². The third kappa shape index (κ3) is 3.03. The van der Waals surface area contributed by atoms with Gasteiger partial charge in [0.25, 0.3) is 0 Å². The molecule has 0 aliphatic rings. The van der Waals surface area contributed by atoms with E-state index < -0.39 is 17.7 Å². The molecule has 0 aromatic heterocycles. The molecule has 1 aromatic rings. The Kier molecular flexibility index (Phi) is 5.14. The van der Waals surface area contributed by atoms with Gasteiger partial charge in [0, 0.05) is 10.6 Å². The molecule has 1 rings (SSSR count). The molecule has 0 aliphatic carbocycles. The molecule has 0 spiro atoms. The second-order valence-corrected chi connectivity index (χ2v) is 5.08. The van der Waals surface area contributed by atoms with Gasteiger partial charge in [-0.25, -0.2) is 8.78 Å². The maximum atomic E-state index is 13.2. The molecule has 1 nitrogen and oxygen atoms in total. The standard InChI is InChI=1S/C10H7BrCl2F4O/c1-18-7-5(2-4(12)3-6(7)11)8(13)10(16,17)9(14)15/h2-3,8-9H,1H3. The van der Waals surface area contributed by atoms with Crippen molar-refractivity contribution in [1.29, 1.82) is 0 Å². The van der Waals surface area contributed by atoms with Crippen molar-refractivity contribution in [2.45, 2.75) is 17.7 Å². The molecule has 0 saturated carbocycles. The van der Waals surface area contributed by atoms with Crippen molar-refractivity contribution in [3.8, 4) is 5.75 Å². The zero-order valence-corrected chi connectivity index (χ0v) is 12.0. The van der Waals surface area contributed by atoms with Crippen LogP contribution < -0.4 is 4.74 Å². The lowest BCUT2D eigenvalue weighted by atomic mass is 10.1. The largest absolute Gasteiger partial charge is 0.495 e. The van der Waals surface area contributed by atoms with Gasteiger partial charge >= 0.3 is 12.3 Å². The number of ether oxygens (including phenoxy) is 1. The van der Waals surface area contributed by atoms with E-state index in [1.807, 2.05) is 0 Å². The minimum absolute atomic E-state index is 0.0558. The van der Waals surface area contributed by atoms with Crippen LogP contribution >= 0.6 is 39.1 Å². The predicted octanol–water partition coefficient (Wildman–Crippen LogP) is 5.29. The summed E-state index contributed by atoms with van der Waals surface area (Å²) in [6, 6.07) is 2.45. The zero-order valence-electron chi connectivity index (χ0n) is 8.86. The third-order valence-corrected chi connectivity index (χ3v) is 3.48. The maximum Gasteiger partial charge on any atom is 0.327 e. The number of hydrogen-bond acceptors (Lipinski definition) is 1. The average Bonchev–Trinajstić information content (AvgIpc) is 2.26. The van der Waals surface area contributed by atoms with Crippen LogP contribution in [0.4, 0.5) is 17.6 Å². The first-order valence-corrected chi connectivity index (χ1v) is 6.15. The molecule has 0 radical (unpaired) electrons. The van der Waals surface area contributed by atoms with Gasteiger partial charge in [-0.15, -0.1) is 11.6 Å². The Balaban J connectivity index is 3.32. The number of alkyl halides is 5. The molecule has 1 unspecified atom stereocenters. The van der Waals surface area contributed by atoms with Gasteiger partial charge in [-0.2, -0.15) is 8.78 Å². The van der Waals surface area contributed by atoms with Gasteiger partial charge in [-0.05, 0) is 28.1 Å². The fraction of sp³-hybridized carbons (Fsp3) is 0.400. The van der Waals surface area contributed by atoms with E-state index in [1.54, 1.807) is 0 Å². The zero-order chi connectivity index (χ0) is 14.1. The van der Waals surface area contributed by atoms with Crippen molar-refractivity contribution in [1.82, 2.24) is 0 Å². The van der Waals surface area contributed by atoms with Crippen LogP contribution in [0.2, 0.25) is 5.02 Å². The Hall–Kier alpha value is -0.200. The lowest BCUT2D eigenvalue weighted by molar-refractivity contribution is -0.130. The highest BCUT2D eigenvalue weighted by atomic mass is 79.9.